The second kappa shape index (κ2) is 4.53. The summed E-state index contributed by atoms with van der Waals surface area (Å²) >= 11 is 1.04. The predicted octanol–water partition coefficient (Wildman–Crippen LogP) is 3.70. The van der Waals surface area contributed by atoms with E-state index in [4.69, 9.17) is 5.73 Å². The third-order valence-corrected chi connectivity index (χ3v) is 3.09. The lowest BCUT2D eigenvalue weighted by Crippen LogP contribution is -1.92. The smallest absolute Gasteiger partial charge is 0.142 e. The van der Waals surface area contributed by atoms with Gasteiger partial charge in [-0.25, -0.2) is 8.78 Å². The summed E-state index contributed by atoms with van der Waals surface area (Å²) in [5, 5.41) is 0. The van der Waals surface area contributed by atoms with E-state index in [-0.39, 0.29) is 10.6 Å². The molecular formula is C12H9F2NS. The Balaban J connectivity index is 2.35. The van der Waals surface area contributed by atoms with Crippen molar-refractivity contribution in [2.75, 3.05) is 5.73 Å². The maximum Gasteiger partial charge on any atom is 0.142 e. The van der Waals surface area contributed by atoms with Crippen LogP contribution in [0.4, 0.5) is 14.5 Å². The summed E-state index contributed by atoms with van der Waals surface area (Å²) in [6.07, 6.45) is 0. The van der Waals surface area contributed by atoms with Crippen molar-refractivity contribution in [1.82, 2.24) is 0 Å². The summed E-state index contributed by atoms with van der Waals surface area (Å²) in [5.41, 5.74) is 5.42. The van der Waals surface area contributed by atoms with Gasteiger partial charge < -0.3 is 5.73 Å². The van der Waals surface area contributed by atoms with E-state index in [0.29, 0.717) is 0 Å². The van der Waals surface area contributed by atoms with Crippen molar-refractivity contribution in [3.63, 3.8) is 0 Å². The molecule has 0 fully saturated rings. The first-order valence-electron chi connectivity index (χ1n) is 4.64. The summed E-state index contributed by atoms with van der Waals surface area (Å²) in [4.78, 5) is 0.755. The minimum absolute atomic E-state index is 0.0274. The standard InChI is InChI=1S/C12H9F2NS/c13-10-6-8(15)7-11(14)12(10)16-9-4-2-1-3-5-9/h1-7H,15H2. The molecule has 0 aromatic heterocycles. The highest BCUT2D eigenvalue weighted by Crippen LogP contribution is 2.32. The third kappa shape index (κ3) is 2.33. The molecule has 0 unspecified atom stereocenters. The van der Waals surface area contributed by atoms with Gasteiger partial charge in [-0.1, -0.05) is 30.0 Å². The first-order chi connectivity index (χ1) is 7.66. The number of halogens is 2. The zero-order chi connectivity index (χ0) is 11.5. The summed E-state index contributed by atoms with van der Waals surface area (Å²) < 4.78 is 26.9. The quantitative estimate of drug-likeness (QED) is 0.806. The number of nitrogens with two attached hydrogens (primary N) is 1. The number of hydrogen-bond acceptors (Lipinski definition) is 2. The van der Waals surface area contributed by atoms with Gasteiger partial charge in [-0.15, -0.1) is 0 Å². The average Bonchev–Trinajstić information content (AvgIpc) is 2.25. The molecule has 0 aliphatic rings. The van der Waals surface area contributed by atoms with Crippen LogP contribution in [0.15, 0.2) is 52.3 Å². The molecule has 0 saturated heterocycles. The number of nitrogen functional groups attached to an aromatic ring is 1. The van der Waals surface area contributed by atoms with Gasteiger partial charge in [0.15, 0.2) is 0 Å². The van der Waals surface area contributed by atoms with Gasteiger partial charge >= 0.3 is 0 Å². The fourth-order valence-corrected chi connectivity index (χ4v) is 2.13. The van der Waals surface area contributed by atoms with E-state index in [9.17, 15) is 8.78 Å². The topological polar surface area (TPSA) is 26.0 Å². The number of anilines is 1. The van der Waals surface area contributed by atoms with Crippen LogP contribution in [0, 0.1) is 11.6 Å². The van der Waals surface area contributed by atoms with E-state index >= 15 is 0 Å². The first kappa shape index (κ1) is 11.0. The van der Waals surface area contributed by atoms with Gasteiger partial charge in [-0.3, -0.25) is 0 Å². The Bertz CT molecular complexity index is 477. The number of hydrogen-bond donors (Lipinski definition) is 1. The average molecular weight is 237 g/mol. The summed E-state index contributed by atoms with van der Waals surface area (Å²) in [6.45, 7) is 0. The van der Waals surface area contributed by atoms with Crippen molar-refractivity contribution in [2.24, 2.45) is 0 Å². The van der Waals surface area contributed by atoms with Crippen molar-refractivity contribution < 1.29 is 8.78 Å². The maximum absolute atomic E-state index is 13.5. The molecule has 2 rings (SSSR count). The molecule has 2 N–H and O–H groups in total. The summed E-state index contributed by atoms with van der Waals surface area (Å²) in [5.74, 6) is -1.27. The van der Waals surface area contributed by atoms with E-state index in [2.05, 4.69) is 0 Å². The lowest BCUT2D eigenvalue weighted by Gasteiger charge is -2.05. The van der Waals surface area contributed by atoms with Crippen molar-refractivity contribution >= 4 is 17.4 Å². The fraction of sp³-hybridized carbons (Fsp3) is 0. The normalized spacial score (nSPS) is 10.4. The molecule has 0 aliphatic heterocycles. The summed E-state index contributed by atoms with van der Waals surface area (Å²) in [6, 6.07) is 11.3. The molecule has 0 radical (unpaired) electrons. The molecule has 2 aromatic rings. The van der Waals surface area contributed by atoms with Crippen LogP contribution in [-0.2, 0) is 0 Å². The Morgan fingerprint density at radius 1 is 0.938 bits per heavy atom. The van der Waals surface area contributed by atoms with Gasteiger partial charge in [0.05, 0.1) is 4.90 Å². The highest BCUT2D eigenvalue weighted by atomic mass is 32.2. The van der Waals surface area contributed by atoms with Crippen molar-refractivity contribution in [2.45, 2.75) is 9.79 Å². The van der Waals surface area contributed by atoms with Crippen LogP contribution >= 0.6 is 11.8 Å². The number of rotatable bonds is 2. The molecule has 0 amide bonds. The molecule has 4 heteroatoms. The van der Waals surface area contributed by atoms with Crippen molar-refractivity contribution in [3.05, 3.63) is 54.1 Å². The molecule has 1 nitrogen and oxygen atoms in total. The molecule has 16 heavy (non-hydrogen) atoms. The van der Waals surface area contributed by atoms with Crippen LogP contribution in [-0.4, -0.2) is 0 Å². The second-order valence-electron chi connectivity index (χ2n) is 3.23. The Morgan fingerprint density at radius 3 is 2.06 bits per heavy atom. The fourth-order valence-electron chi connectivity index (χ4n) is 1.28. The van der Waals surface area contributed by atoms with Gasteiger partial charge in [-0.05, 0) is 24.3 Å². The van der Waals surface area contributed by atoms with E-state index in [0.717, 1.165) is 28.8 Å². The lowest BCUT2D eigenvalue weighted by molar-refractivity contribution is 0.542. The van der Waals surface area contributed by atoms with Gasteiger partial charge in [0.1, 0.15) is 11.6 Å². The highest BCUT2D eigenvalue weighted by molar-refractivity contribution is 7.99. The van der Waals surface area contributed by atoms with Crippen LogP contribution in [0.5, 0.6) is 0 Å². The molecule has 0 aliphatic carbocycles. The maximum atomic E-state index is 13.5. The Morgan fingerprint density at radius 2 is 1.50 bits per heavy atom. The van der Waals surface area contributed by atoms with E-state index < -0.39 is 11.6 Å². The van der Waals surface area contributed by atoms with Crippen LogP contribution in [0.3, 0.4) is 0 Å². The Kier molecular flexibility index (Phi) is 3.10. The second-order valence-corrected chi connectivity index (χ2v) is 4.31. The van der Waals surface area contributed by atoms with Crippen LogP contribution in [0.2, 0.25) is 0 Å². The Hall–Kier alpha value is -1.55. The van der Waals surface area contributed by atoms with Crippen LogP contribution in [0.25, 0.3) is 0 Å². The molecule has 2 aromatic carbocycles. The molecule has 0 bridgehead atoms. The number of benzene rings is 2. The minimum Gasteiger partial charge on any atom is -0.399 e. The monoisotopic (exact) mass is 237 g/mol. The lowest BCUT2D eigenvalue weighted by atomic mass is 10.3. The predicted molar refractivity (Wildman–Crippen MR) is 61.3 cm³/mol. The van der Waals surface area contributed by atoms with Gasteiger partial charge in [-0.2, -0.15) is 0 Å². The molecule has 0 spiro atoms. The largest absolute Gasteiger partial charge is 0.399 e. The SMILES string of the molecule is Nc1cc(F)c(Sc2ccccc2)c(F)c1. The molecular weight excluding hydrogens is 228 g/mol. The van der Waals surface area contributed by atoms with E-state index in [1.54, 1.807) is 12.1 Å². The molecule has 0 heterocycles. The van der Waals surface area contributed by atoms with Crippen LogP contribution in [0.1, 0.15) is 0 Å². The molecule has 82 valence electrons. The van der Waals surface area contributed by atoms with Crippen molar-refractivity contribution in [3.8, 4) is 0 Å². The molecule has 0 atom stereocenters. The third-order valence-electron chi connectivity index (χ3n) is 1.98. The Labute approximate surface area is 96.3 Å². The van der Waals surface area contributed by atoms with Gasteiger partial charge in [0, 0.05) is 10.6 Å². The van der Waals surface area contributed by atoms with Gasteiger partial charge in [0.25, 0.3) is 0 Å². The van der Waals surface area contributed by atoms with Gasteiger partial charge in [0.2, 0.25) is 0 Å². The zero-order valence-corrected chi connectivity index (χ0v) is 9.10. The van der Waals surface area contributed by atoms with E-state index in [1.807, 2.05) is 18.2 Å². The summed E-state index contributed by atoms with van der Waals surface area (Å²) in [7, 11) is 0. The molecule has 0 saturated carbocycles. The highest BCUT2D eigenvalue weighted by Gasteiger charge is 2.11. The van der Waals surface area contributed by atoms with E-state index in [1.165, 1.54) is 0 Å². The van der Waals surface area contributed by atoms with Crippen molar-refractivity contribution in [1.29, 1.82) is 0 Å². The first-order valence-corrected chi connectivity index (χ1v) is 5.46. The van der Waals surface area contributed by atoms with Crippen LogP contribution < -0.4 is 5.73 Å². The zero-order valence-electron chi connectivity index (χ0n) is 8.28. The minimum atomic E-state index is -0.633.